The van der Waals surface area contributed by atoms with Gasteiger partial charge in [-0.25, -0.2) is 4.79 Å². The molecule has 0 aromatic heterocycles. The summed E-state index contributed by atoms with van der Waals surface area (Å²) in [6.07, 6.45) is 2.06. The van der Waals surface area contributed by atoms with E-state index >= 15 is 0 Å². The van der Waals surface area contributed by atoms with E-state index < -0.39 is 0 Å². The maximum Gasteiger partial charge on any atom is 0.330 e. The van der Waals surface area contributed by atoms with Crippen molar-refractivity contribution in [3.63, 3.8) is 0 Å². The molecule has 15 heavy (non-hydrogen) atoms. The number of ether oxygens (including phenoxy) is 1. The highest BCUT2D eigenvalue weighted by molar-refractivity contribution is 5.81. The minimum Gasteiger partial charge on any atom is -0.462 e. The van der Waals surface area contributed by atoms with Crippen molar-refractivity contribution in [3.8, 4) is 0 Å². The Hall–Kier alpha value is -0.830. The van der Waals surface area contributed by atoms with Gasteiger partial charge in [0.15, 0.2) is 0 Å². The monoisotopic (exact) mass is 214 g/mol. The molecule has 0 radical (unpaired) electrons. The van der Waals surface area contributed by atoms with Crippen LogP contribution in [0.15, 0.2) is 12.7 Å². The lowest BCUT2D eigenvalue weighted by Crippen LogP contribution is -2.56. The number of hydrogen-bond acceptors (Lipinski definition) is 2. The quantitative estimate of drug-likeness (QED) is 0.384. The third-order valence-corrected chi connectivity index (χ3v) is 3.55. The zero-order valence-corrected chi connectivity index (χ0v) is 10.7. The Morgan fingerprint density at radius 2 is 2.00 bits per heavy atom. The highest BCUT2D eigenvalue weighted by Gasteiger charge is 2.34. The second-order valence-electron chi connectivity index (χ2n) is 4.94. The molecule has 0 bridgehead atoms. The molecule has 3 nitrogen and oxygen atoms in total. The molecule has 0 atom stereocenters. The van der Waals surface area contributed by atoms with Gasteiger partial charge in [0, 0.05) is 12.5 Å². The van der Waals surface area contributed by atoms with Gasteiger partial charge >= 0.3 is 5.97 Å². The Labute approximate surface area is 93.3 Å². The predicted octanol–water partition coefficient (Wildman–Crippen LogP) is 1.98. The molecule has 0 amide bonds. The van der Waals surface area contributed by atoms with Gasteiger partial charge in [-0.15, -0.1) is 0 Å². The maximum absolute atomic E-state index is 10.9. The first-order valence-electron chi connectivity index (χ1n) is 5.39. The van der Waals surface area contributed by atoms with Crippen molar-refractivity contribution < 1.29 is 14.0 Å². The van der Waals surface area contributed by atoms with Gasteiger partial charge in [0.1, 0.15) is 0 Å². The van der Waals surface area contributed by atoms with E-state index in [2.05, 4.69) is 41.4 Å². The molecule has 0 N–H and O–H groups in total. The van der Waals surface area contributed by atoms with Crippen LogP contribution in [0.3, 0.4) is 0 Å². The Morgan fingerprint density at radius 1 is 1.47 bits per heavy atom. The summed E-state index contributed by atoms with van der Waals surface area (Å²) in [5.74, 6) is -0.340. The third-order valence-electron chi connectivity index (χ3n) is 3.55. The molecule has 0 unspecified atom stereocenters. The number of esters is 1. The fraction of sp³-hybridized carbons (Fsp3) is 0.750. The summed E-state index contributed by atoms with van der Waals surface area (Å²) in [4.78, 5) is 10.9. The normalized spacial score (nSPS) is 12.3. The zero-order valence-electron chi connectivity index (χ0n) is 10.7. The van der Waals surface area contributed by atoms with Crippen LogP contribution in [0.1, 0.15) is 27.2 Å². The number of carbonyl (C=O) groups excluding carboxylic acids is 1. The topological polar surface area (TPSA) is 26.3 Å². The lowest BCUT2D eigenvalue weighted by molar-refractivity contribution is -0.936. The van der Waals surface area contributed by atoms with E-state index in [0.717, 1.165) is 17.4 Å². The largest absolute Gasteiger partial charge is 0.462 e. The van der Waals surface area contributed by atoms with Crippen LogP contribution in [-0.2, 0) is 9.53 Å². The highest BCUT2D eigenvalue weighted by atomic mass is 16.5. The van der Waals surface area contributed by atoms with Crippen LogP contribution in [0.2, 0.25) is 0 Å². The Morgan fingerprint density at radius 3 is 2.40 bits per heavy atom. The van der Waals surface area contributed by atoms with Crippen molar-refractivity contribution in [1.29, 1.82) is 0 Å². The number of carbonyl (C=O) groups is 1. The molecule has 0 saturated carbocycles. The fourth-order valence-electron chi connectivity index (χ4n) is 1.19. The molecular weight excluding hydrogens is 190 g/mol. The van der Waals surface area contributed by atoms with Crippen LogP contribution >= 0.6 is 0 Å². The number of quaternary nitrogens is 1. The van der Waals surface area contributed by atoms with E-state index in [-0.39, 0.29) is 11.5 Å². The lowest BCUT2D eigenvalue weighted by Gasteiger charge is -2.44. The van der Waals surface area contributed by atoms with E-state index in [9.17, 15) is 4.79 Å². The first-order chi connectivity index (χ1) is 6.77. The molecule has 0 fully saturated rings. The van der Waals surface area contributed by atoms with Gasteiger partial charge < -0.3 is 9.22 Å². The number of rotatable bonds is 6. The van der Waals surface area contributed by atoms with Gasteiger partial charge in [-0.3, -0.25) is 0 Å². The van der Waals surface area contributed by atoms with Gasteiger partial charge in [-0.2, -0.15) is 0 Å². The van der Waals surface area contributed by atoms with E-state index in [0.29, 0.717) is 6.61 Å². The summed E-state index contributed by atoms with van der Waals surface area (Å²) in [7, 11) is 4.38. The summed E-state index contributed by atoms with van der Waals surface area (Å²) in [6.45, 7) is 11.4. The summed E-state index contributed by atoms with van der Waals surface area (Å²) < 4.78 is 5.92. The average molecular weight is 214 g/mol. The van der Waals surface area contributed by atoms with E-state index in [1.54, 1.807) is 0 Å². The van der Waals surface area contributed by atoms with Crippen LogP contribution in [0.4, 0.5) is 0 Å². The first kappa shape index (κ1) is 14.2. The standard InChI is InChI=1S/C12H24NO2/c1-7-11(14)15-10-9-12(3,4)13(5,6)8-2/h7H,1,8-10H2,2-6H3/q+1. The lowest BCUT2D eigenvalue weighted by atomic mass is 9.96. The molecule has 88 valence electrons. The van der Waals surface area contributed by atoms with Crippen LogP contribution < -0.4 is 0 Å². The number of nitrogens with zero attached hydrogens (tertiary/aromatic N) is 1. The molecule has 0 aromatic rings. The SMILES string of the molecule is C=CC(=O)OCCC(C)(C)[N+](C)(C)CC. The van der Waals surface area contributed by atoms with E-state index in [1.807, 2.05) is 0 Å². The molecule has 0 spiro atoms. The van der Waals surface area contributed by atoms with Crippen LogP contribution in [-0.4, -0.2) is 43.2 Å². The Bertz CT molecular complexity index is 232. The van der Waals surface area contributed by atoms with Crippen molar-refractivity contribution in [3.05, 3.63) is 12.7 Å². The highest BCUT2D eigenvalue weighted by Crippen LogP contribution is 2.23. The predicted molar refractivity (Wildman–Crippen MR) is 62.5 cm³/mol. The van der Waals surface area contributed by atoms with Crippen molar-refractivity contribution >= 4 is 5.97 Å². The van der Waals surface area contributed by atoms with Crippen LogP contribution in [0.5, 0.6) is 0 Å². The van der Waals surface area contributed by atoms with Crippen LogP contribution in [0.25, 0.3) is 0 Å². The first-order valence-corrected chi connectivity index (χ1v) is 5.39. The molecule has 0 heterocycles. The van der Waals surface area contributed by atoms with Crippen molar-refractivity contribution in [2.45, 2.75) is 32.7 Å². The molecule has 0 aromatic carbocycles. The van der Waals surface area contributed by atoms with Crippen molar-refractivity contribution in [2.75, 3.05) is 27.2 Å². The minimum atomic E-state index is -0.340. The maximum atomic E-state index is 10.9. The molecule has 0 rings (SSSR count). The van der Waals surface area contributed by atoms with Crippen molar-refractivity contribution in [2.24, 2.45) is 0 Å². The molecule has 0 aliphatic carbocycles. The second kappa shape index (κ2) is 5.31. The Kier molecular flexibility index (Phi) is 5.01. The Balaban J connectivity index is 4.15. The molecule has 3 heteroatoms. The van der Waals surface area contributed by atoms with Gasteiger partial charge in [0.25, 0.3) is 0 Å². The fourth-order valence-corrected chi connectivity index (χ4v) is 1.19. The van der Waals surface area contributed by atoms with Crippen LogP contribution in [0, 0.1) is 0 Å². The number of hydrogen-bond donors (Lipinski definition) is 0. The molecule has 0 aliphatic heterocycles. The van der Waals surface area contributed by atoms with Gasteiger partial charge in [-0.1, -0.05) is 6.58 Å². The van der Waals surface area contributed by atoms with Gasteiger partial charge in [0.2, 0.25) is 0 Å². The molecule has 0 aliphatic rings. The minimum absolute atomic E-state index is 0.107. The van der Waals surface area contributed by atoms with E-state index in [4.69, 9.17) is 4.74 Å². The summed E-state index contributed by atoms with van der Waals surface area (Å²) >= 11 is 0. The van der Waals surface area contributed by atoms with Gasteiger partial charge in [-0.05, 0) is 20.8 Å². The third kappa shape index (κ3) is 4.04. The summed E-state index contributed by atoms with van der Waals surface area (Å²) in [5, 5.41) is 0. The molecular formula is C12H24NO2+. The zero-order chi connectivity index (χ0) is 12.1. The van der Waals surface area contributed by atoms with Gasteiger partial charge in [0.05, 0.1) is 32.8 Å². The molecule has 0 saturated heterocycles. The summed E-state index contributed by atoms with van der Waals surface area (Å²) in [5.41, 5.74) is 0.107. The second-order valence-corrected chi connectivity index (χ2v) is 4.94. The average Bonchev–Trinajstić information content (AvgIpc) is 2.16. The summed E-state index contributed by atoms with van der Waals surface area (Å²) in [6, 6.07) is 0. The van der Waals surface area contributed by atoms with Crippen molar-refractivity contribution in [1.82, 2.24) is 0 Å². The van der Waals surface area contributed by atoms with E-state index in [1.165, 1.54) is 6.08 Å². The smallest absolute Gasteiger partial charge is 0.330 e.